The summed E-state index contributed by atoms with van der Waals surface area (Å²) in [4.78, 5) is 9.16. The summed E-state index contributed by atoms with van der Waals surface area (Å²) in [6.07, 6.45) is 5.09. The van der Waals surface area contributed by atoms with Gasteiger partial charge in [0.2, 0.25) is 5.89 Å². The summed E-state index contributed by atoms with van der Waals surface area (Å²) in [6.45, 7) is 6.29. The second-order valence-corrected chi connectivity index (χ2v) is 6.80. The van der Waals surface area contributed by atoms with Crippen LogP contribution in [-0.4, -0.2) is 28.2 Å². The molecule has 3 heterocycles. The fourth-order valence-corrected chi connectivity index (χ4v) is 3.88. The van der Waals surface area contributed by atoms with E-state index in [-0.39, 0.29) is 5.41 Å². The molecule has 3 rings (SSSR count). The van der Waals surface area contributed by atoms with Crippen molar-refractivity contribution in [1.29, 1.82) is 0 Å². The summed E-state index contributed by atoms with van der Waals surface area (Å²) >= 11 is 1.66. The molecule has 1 N–H and O–H groups in total. The highest BCUT2D eigenvalue weighted by atomic mass is 32.1. The summed E-state index contributed by atoms with van der Waals surface area (Å²) in [5.41, 5.74) is 1.13. The van der Waals surface area contributed by atoms with Gasteiger partial charge in [0.1, 0.15) is 5.01 Å². The van der Waals surface area contributed by atoms with Crippen LogP contribution in [0.15, 0.2) is 9.90 Å². The summed E-state index contributed by atoms with van der Waals surface area (Å²) in [7, 11) is 0. The number of nitrogens with one attached hydrogen (secondary N) is 1. The molecule has 2 aromatic heterocycles. The molecule has 1 aliphatic rings. The lowest BCUT2D eigenvalue weighted by molar-refractivity contribution is 0.208. The standard InChI is InChI=1S/C15H22N4OS/c1-3-4-15(5-7-16-8-6-15)14-18-12(19-20-14)9-13-17-11(2)10-21-13/h10,16H,3-9H2,1-2H3. The second-order valence-electron chi connectivity index (χ2n) is 5.86. The van der Waals surface area contributed by atoms with Gasteiger partial charge < -0.3 is 9.84 Å². The van der Waals surface area contributed by atoms with Crippen molar-refractivity contribution in [2.45, 2.75) is 51.4 Å². The molecule has 0 aliphatic carbocycles. The van der Waals surface area contributed by atoms with Gasteiger partial charge in [-0.15, -0.1) is 11.3 Å². The molecule has 6 heteroatoms. The molecule has 1 aliphatic heterocycles. The maximum atomic E-state index is 5.63. The van der Waals surface area contributed by atoms with Crippen LogP contribution in [0.4, 0.5) is 0 Å². The Kier molecular flexibility index (Phi) is 4.35. The highest BCUT2D eigenvalue weighted by Crippen LogP contribution is 2.36. The van der Waals surface area contributed by atoms with Crippen molar-refractivity contribution in [3.8, 4) is 0 Å². The van der Waals surface area contributed by atoms with Crippen molar-refractivity contribution in [1.82, 2.24) is 20.4 Å². The third-order valence-corrected chi connectivity index (χ3v) is 5.15. The molecule has 0 spiro atoms. The second kappa shape index (κ2) is 6.23. The molecule has 0 aromatic carbocycles. The molecule has 0 bridgehead atoms. The smallest absolute Gasteiger partial charge is 0.232 e. The van der Waals surface area contributed by atoms with Crippen LogP contribution in [0.2, 0.25) is 0 Å². The van der Waals surface area contributed by atoms with Gasteiger partial charge in [0.05, 0.1) is 11.8 Å². The van der Waals surface area contributed by atoms with Gasteiger partial charge in [-0.05, 0) is 39.3 Å². The Morgan fingerprint density at radius 2 is 2.14 bits per heavy atom. The van der Waals surface area contributed by atoms with Crippen LogP contribution in [0.5, 0.6) is 0 Å². The highest BCUT2D eigenvalue weighted by molar-refractivity contribution is 7.09. The van der Waals surface area contributed by atoms with Crippen molar-refractivity contribution < 1.29 is 4.52 Å². The Labute approximate surface area is 129 Å². The van der Waals surface area contributed by atoms with Gasteiger partial charge >= 0.3 is 0 Å². The first-order chi connectivity index (χ1) is 10.2. The van der Waals surface area contributed by atoms with Gasteiger partial charge in [-0.1, -0.05) is 18.5 Å². The molecule has 1 saturated heterocycles. The zero-order valence-electron chi connectivity index (χ0n) is 12.7. The highest BCUT2D eigenvalue weighted by Gasteiger charge is 2.38. The maximum Gasteiger partial charge on any atom is 0.232 e. The van der Waals surface area contributed by atoms with E-state index in [9.17, 15) is 0 Å². The first-order valence-electron chi connectivity index (χ1n) is 7.67. The average molecular weight is 306 g/mol. The normalized spacial score (nSPS) is 18.0. The minimum absolute atomic E-state index is 0.0735. The van der Waals surface area contributed by atoms with Crippen LogP contribution in [0.3, 0.4) is 0 Å². The number of hydrogen-bond donors (Lipinski definition) is 1. The lowest BCUT2D eigenvalue weighted by atomic mass is 9.75. The zero-order chi connectivity index (χ0) is 14.7. The van der Waals surface area contributed by atoms with Gasteiger partial charge in [0, 0.05) is 11.1 Å². The summed E-state index contributed by atoms with van der Waals surface area (Å²) in [6, 6.07) is 0. The Balaban J connectivity index is 1.78. The average Bonchev–Trinajstić information content (AvgIpc) is 3.10. The molecule has 5 nitrogen and oxygen atoms in total. The molecular formula is C15H22N4OS. The van der Waals surface area contributed by atoms with Crippen LogP contribution < -0.4 is 5.32 Å². The summed E-state index contributed by atoms with van der Waals surface area (Å²) in [5, 5.41) is 10.7. The summed E-state index contributed by atoms with van der Waals surface area (Å²) in [5.74, 6) is 1.59. The number of aryl methyl sites for hydroxylation is 1. The number of piperidine rings is 1. The Morgan fingerprint density at radius 1 is 1.33 bits per heavy atom. The molecule has 1 fully saturated rings. The molecule has 21 heavy (non-hydrogen) atoms. The topological polar surface area (TPSA) is 63.8 Å². The number of thiazole rings is 1. The fourth-order valence-electron chi connectivity index (χ4n) is 3.12. The van der Waals surface area contributed by atoms with Crippen LogP contribution in [0.1, 0.15) is 55.0 Å². The van der Waals surface area contributed by atoms with Gasteiger partial charge in [-0.2, -0.15) is 4.98 Å². The van der Waals surface area contributed by atoms with E-state index in [1.807, 2.05) is 6.92 Å². The van der Waals surface area contributed by atoms with Crippen molar-refractivity contribution >= 4 is 11.3 Å². The molecule has 0 unspecified atom stereocenters. The van der Waals surface area contributed by atoms with E-state index in [0.29, 0.717) is 6.42 Å². The van der Waals surface area contributed by atoms with E-state index in [1.54, 1.807) is 11.3 Å². The minimum Gasteiger partial charge on any atom is -0.339 e. The van der Waals surface area contributed by atoms with E-state index < -0.39 is 0 Å². The maximum absolute atomic E-state index is 5.63. The van der Waals surface area contributed by atoms with Gasteiger partial charge in [-0.3, -0.25) is 0 Å². The quantitative estimate of drug-likeness (QED) is 0.920. The van der Waals surface area contributed by atoms with Gasteiger partial charge in [-0.25, -0.2) is 4.98 Å². The van der Waals surface area contributed by atoms with Crippen molar-refractivity contribution in [3.05, 3.63) is 27.8 Å². The zero-order valence-corrected chi connectivity index (χ0v) is 13.5. The third-order valence-electron chi connectivity index (χ3n) is 4.19. The number of nitrogens with zero attached hydrogens (tertiary/aromatic N) is 3. The Bertz CT molecular complexity index is 581. The predicted octanol–water partition coefficient (Wildman–Crippen LogP) is 2.85. The third kappa shape index (κ3) is 3.16. The molecule has 0 amide bonds. The lowest BCUT2D eigenvalue weighted by Crippen LogP contribution is -2.40. The Morgan fingerprint density at radius 3 is 2.81 bits per heavy atom. The number of hydrogen-bond acceptors (Lipinski definition) is 6. The Hall–Kier alpha value is -1.27. The fraction of sp³-hybridized carbons (Fsp3) is 0.667. The van der Waals surface area contributed by atoms with E-state index in [4.69, 9.17) is 9.51 Å². The van der Waals surface area contributed by atoms with Crippen LogP contribution in [0.25, 0.3) is 0 Å². The molecular weight excluding hydrogens is 284 g/mol. The lowest BCUT2D eigenvalue weighted by Gasteiger charge is -2.34. The van der Waals surface area contributed by atoms with Gasteiger partial charge in [0.25, 0.3) is 0 Å². The van der Waals surface area contributed by atoms with Gasteiger partial charge in [0.15, 0.2) is 5.82 Å². The predicted molar refractivity (Wildman–Crippen MR) is 82.6 cm³/mol. The summed E-state index contributed by atoms with van der Waals surface area (Å²) < 4.78 is 5.63. The van der Waals surface area contributed by atoms with E-state index in [1.165, 1.54) is 0 Å². The van der Waals surface area contributed by atoms with Crippen molar-refractivity contribution in [2.24, 2.45) is 0 Å². The first kappa shape index (κ1) is 14.7. The van der Waals surface area contributed by atoms with Crippen molar-refractivity contribution in [2.75, 3.05) is 13.1 Å². The monoisotopic (exact) mass is 306 g/mol. The van der Waals surface area contributed by atoms with Crippen LogP contribution in [-0.2, 0) is 11.8 Å². The molecule has 0 atom stereocenters. The number of aromatic nitrogens is 3. The molecule has 0 radical (unpaired) electrons. The number of rotatable bonds is 5. The largest absolute Gasteiger partial charge is 0.339 e. The minimum atomic E-state index is 0.0735. The van der Waals surface area contributed by atoms with E-state index in [2.05, 4.69) is 27.8 Å². The first-order valence-corrected chi connectivity index (χ1v) is 8.54. The van der Waals surface area contributed by atoms with Crippen LogP contribution >= 0.6 is 11.3 Å². The molecule has 2 aromatic rings. The molecule has 0 saturated carbocycles. The van der Waals surface area contributed by atoms with E-state index >= 15 is 0 Å². The SMILES string of the molecule is CCCC1(c2nc(Cc3nc(C)cs3)no2)CCNCC1. The van der Waals surface area contributed by atoms with E-state index in [0.717, 1.165) is 61.2 Å². The molecule has 114 valence electrons. The van der Waals surface area contributed by atoms with Crippen molar-refractivity contribution in [3.63, 3.8) is 0 Å². The van der Waals surface area contributed by atoms with Crippen LogP contribution in [0, 0.1) is 6.92 Å².